The van der Waals surface area contributed by atoms with Gasteiger partial charge in [0.25, 0.3) is 0 Å². The van der Waals surface area contributed by atoms with Crippen LogP contribution >= 0.6 is 23.2 Å². The molecule has 0 heterocycles. The van der Waals surface area contributed by atoms with Crippen molar-refractivity contribution in [2.45, 2.75) is 13.8 Å². The summed E-state index contributed by atoms with van der Waals surface area (Å²) in [4.78, 5) is 0. The van der Waals surface area contributed by atoms with E-state index >= 15 is 0 Å². The molecule has 0 radical (unpaired) electrons. The number of nitrogens with two attached hydrogens (primary N) is 1. The molecule has 3 nitrogen and oxygen atoms in total. The fourth-order valence-corrected chi connectivity index (χ4v) is 1.66. The molecule has 0 aliphatic rings. The first-order valence-electron chi connectivity index (χ1n) is 4.56. The summed E-state index contributed by atoms with van der Waals surface area (Å²) in [5.74, 6) is 0.780. The second kappa shape index (κ2) is 5.23. The summed E-state index contributed by atoms with van der Waals surface area (Å²) in [6.07, 6.45) is 0. The Hall–Kier alpha value is -1.19. The normalized spacial score (nSPS) is 12.0. The Morgan fingerprint density at radius 2 is 1.69 bits per heavy atom. The van der Waals surface area contributed by atoms with Crippen LogP contribution in [-0.4, -0.2) is 5.71 Å². The largest absolute Gasteiger partial charge is 0.454 e. The zero-order valence-electron chi connectivity index (χ0n) is 8.97. The van der Waals surface area contributed by atoms with E-state index in [1.165, 1.54) is 0 Å². The molecule has 0 atom stereocenters. The molecule has 0 saturated carbocycles. The van der Waals surface area contributed by atoms with E-state index in [0.29, 0.717) is 27.3 Å². The monoisotopic (exact) mass is 258 g/mol. The molecular weight excluding hydrogens is 247 g/mol. The van der Waals surface area contributed by atoms with E-state index in [1.54, 1.807) is 32.0 Å². The second-order valence-electron chi connectivity index (χ2n) is 3.34. The van der Waals surface area contributed by atoms with Crippen molar-refractivity contribution in [3.05, 3.63) is 39.7 Å². The van der Waals surface area contributed by atoms with Crippen LogP contribution in [0.2, 0.25) is 10.0 Å². The van der Waals surface area contributed by atoms with Crippen LogP contribution in [-0.2, 0) is 0 Å². The maximum absolute atomic E-state index is 7.51. The van der Waals surface area contributed by atoms with Crippen LogP contribution in [0, 0.1) is 5.41 Å². The standard InChI is InChI=1S/C11H12Cl2N2O/c1-6(14)11(7(2)15)16-10-4-8(12)3-9(13)5-10/h3-5,14H,15H2,1-2H3/b11-7+,14-6?. The minimum Gasteiger partial charge on any atom is -0.454 e. The number of allylic oxidation sites excluding steroid dienone is 2. The molecule has 0 aliphatic heterocycles. The predicted molar refractivity (Wildman–Crippen MR) is 67.4 cm³/mol. The molecule has 0 spiro atoms. The molecule has 0 saturated heterocycles. The zero-order valence-corrected chi connectivity index (χ0v) is 10.5. The van der Waals surface area contributed by atoms with Crippen molar-refractivity contribution in [3.63, 3.8) is 0 Å². The molecule has 0 aliphatic carbocycles. The average Bonchev–Trinajstić information content (AvgIpc) is 2.11. The highest BCUT2D eigenvalue weighted by Crippen LogP contribution is 2.25. The maximum atomic E-state index is 7.51. The van der Waals surface area contributed by atoms with Crippen molar-refractivity contribution in [1.29, 1.82) is 5.41 Å². The molecule has 16 heavy (non-hydrogen) atoms. The highest BCUT2D eigenvalue weighted by molar-refractivity contribution is 6.34. The lowest BCUT2D eigenvalue weighted by Gasteiger charge is -2.11. The van der Waals surface area contributed by atoms with E-state index in [2.05, 4.69) is 0 Å². The summed E-state index contributed by atoms with van der Waals surface area (Å²) in [5, 5.41) is 8.45. The van der Waals surface area contributed by atoms with Gasteiger partial charge in [0.2, 0.25) is 0 Å². The van der Waals surface area contributed by atoms with E-state index in [9.17, 15) is 0 Å². The van der Waals surface area contributed by atoms with Gasteiger partial charge in [-0.15, -0.1) is 0 Å². The minimum absolute atomic E-state index is 0.246. The lowest BCUT2D eigenvalue weighted by Crippen LogP contribution is -2.11. The van der Waals surface area contributed by atoms with E-state index in [4.69, 9.17) is 39.1 Å². The Morgan fingerprint density at radius 1 is 1.19 bits per heavy atom. The van der Waals surface area contributed by atoms with Crippen LogP contribution in [0.4, 0.5) is 0 Å². The molecule has 1 aromatic carbocycles. The number of halogens is 2. The molecule has 0 fully saturated rings. The van der Waals surface area contributed by atoms with Gasteiger partial charge in [0.1, 0.15) is 5.75 Å². The SMILES string of the molecule is CC(=N)/C(Oc1cc(Cl)cc(Cl)c1)=C(/C)N. The Morgan fingerprint density at radius 3 is 2.06 bits per heavy atom. The number of rotatable bonds is 3. The highest BCUT2D eigenvalue weighted by atomic mass is 35.5. The summed E-state index contributed by atoms with van der Waals surface area (Å²) in [5.41, 5.74) is 6.29. The van der Waals surface area contributed by atoms with Gasteiger partial charge in [-0.2, -0.15) is 0 Å². The lowest BCUT2D eigenvalue weighted by atomic mass is 10.3. The highest BCUT2D eigenvalue weighted by Gasteiger charge is 2.07. The first-order valence-corrected chi connectivity index (χ1v) is 5.31. The molecule has 0 bridgehead atoms. The molecule has 86 valence electrons. The van der Waals surface area contributed by atoms with Crippen LogP contribution in [0.5, 0.6) is 5.75 Å². The third-order valence-corrected chi connectivity index (χ3v) is 2.19. The van der Waals surface area contributed by atoms with Crippen LogP contribution in [0.25, 0.3) is 0 Å². The Kier molecular flexibility index (Phi) is 4.21. The first kappa shape index (κ1) is 12.9. The molecular formula is C11H12Cl2N2O. The van der Waals surface area contributed by atoms with Crippen LogP contribution in [0.1, 0.15) is 13.8 Å². The van der Waals surface area contributed by atoms with E-state index in [1.807, 2.05) is 0 Å². The molecule has 1 rings (SSSR count). The average molecular weight is 259 g/mol. The molecule has 0 unspecified atom stereocenters. The summed E-state index contributed by atoms with van der Waals surface area (Å²) in [6.45, 7) is 3.26. The topological polar surface area (TPSA) is 59.1 Å². The van der Waals surface area contributed by atoms with E-state index < -0.39 is 0 Å². The van der Waals surface area contributed by atoms with Gasteiger partial charge in [-0.25, -0.2) is 0 Å². The molecule has 0 amide bonds. The Balaban J connectivity index is 3.04. The Bertz CT molecular complexity index is 431. The second-order valence-corrected chi connectivity index (χ2v) is 4.22. The molecule has 5 heteroatoms. The smallest absolute Gasteiger partial charge is 0.166 e. The van der Waals surface area contributed by atoms with Crippen LogP contribution in [0.15, 0.2) is 29.7 Å². The van der Waals surface area contributed by atoms with Crippen LogP contribution in [0.3, 0.4) is 0 Å². The number of nitrogens with one attached hydrogen (secondary N) is 1. The lowest BCUT2D eigenvalue weighted by molar-refractivity contribution is 0.446. The third-order valence-electron chi connectivity index (χ3n) is 1.75. The van der Waals surface area contributed by atoms with Crippen molar-refractivity contribution in [2.75, 3.05) is 0 Å². The van der Waals surface area contributed by atoms with E-state index in [-0.39, 0.29) is 5.71 Å². The van der Waals surface area contributed by atoms with Gasteiger partial charge in [0.05, 0.1) is 11.4 Å². The van der Waals surface area contributed by atoms with Gasteiger partial charge < -0.3 is 15.9 Å². The summed E-state index contributed by atoms with van der Waals surface area (Å²) in [7, 11) is 0. The van der Waals surface area contributed by atoms with Crippen molar-refractivity contribution >= 4 is 28.9 Å². The number of benzene rings is 1. The van der Waals surface area contributed by atoms with Gasteiger partial charge in [0, 0.05) is 10.0 Å². The molecule has 0 aromatic heterocycles. The summed E-state index contributed by atoms with van der Waals surface area (Å²) >= 11 is 11.7. The maximum Gasteiger partial charge on any atom is 0.166 e. The quantitative estimate of drug-likeness (QED) is 0.643. The number of ether oxygens (including phenoxy) is 1. The van der Waals surface area contributed by atoms with Gasteiger partial charge >= 0.3 is 0 Å². The summed E-state index contributed by atoms with van der Waals surface area (Å²) < 4.78 is 5.46. The number of hydrogen-bond donors (Lipinski definition) is 2. The zero-order chi connectivity index (χ0) is 12.3. The molecule has 3 N–H and O–H groups in total. The van der Waals surface area contributed by atoms with Crippen molar-refractivity contribution in [2.24, 2.45) is 5.73 Å². The summed E-state index contributed by atoms with van der Waals surface area (Å²) in [6, 6.07) is 4.82. The minimum atomic E-state index is 0.246. The number of hydrogen-bond acceptors (Lipinski definition) is 3. The van der Waals surface area contributed by atoms with Gasteiger partial charge in [0.15, 0.2) is 5.76 Å². The van der Waals surface area contributed by atoms with Gasteiger partial charge in [-0.1, -0.05) is 23.2 Å². The first-order chi connectivity index (χ1) is 7.40. The van der Waals surface area contributed by atoms with Crippen molar-refractivity contribution < 1.29 is 4.74 Å². The van der Waals surface area contributed by atoms with E-state index in [0.717, 1.165) is 0 Å². The van der Waals surface area contributed by atoms with Crippen LogP contribution < -0.4 is 10.5 Å². The van der Waals surface area contributed by atoms with Crippen molar-refractivity contribution in [3.8, 4) is 5.75 Å². The Labute approximate surface area is 104 Å². The van der Waals surface area contributed by atoms with Gasteiger partial charge in [-0.3, -0.25) is 0 Å². The predicted octanol–water partition coefficient (Wildman–Crippen LogP) is 3.60. The van der Waals surface area contributed by atoms with Crippen molar-refractivity contribution in [1.82, 2.24) is 0 Å². The fourth-order valence-electron chi connectivity index (χ4n) is 1.16. The fraction of sp³-hybridized carbons (Fsp3) is 0.182. The van der Waals surface area contributed by atoms with Gasteiger partial charge in [-0.05, 0) is 32.0 Å². The molecule has 1 aromatic rings. The third kappa shape index (κ3) is 3.43.